The third-order valence-electron chi connectivity index (χ3n) is 8.23. The largest absolute Gasteiger partial charge is 0.490 e. The normalized spacial score (nSPS) is 22.5. The number of carboxylic acids is 2. The summed E-state index contributed by atoms with van der Waals surface area (Å²) >= 11 is 0. The molecule has 44 heavy (non-hydrogen) atoms. The first-order valence-electron chi connectivity index (χ1n) is 15.6. The smallest absolute Gasteiger partial charge is 0.337 e. The van der Waals surface area contributed by atoms with Crippen molar-refractivity contribution in [1.82, 2.24) is 10.2 Å². The lowest BCUT2D eigenvalue weighted by molar-refractivity contribution is -0.138. The first-order valence-corrected chi connectivity index (χ1v) is 15.6. The fourth-order valence-electron chi connectivity index (χ4n) is 5.90. The van der Waals surface area contributed by atoms with Crippen LogP contribution in [-0.4, -0.2) is 53.7 Å². The first kappa shape index (κ1) is 34.2. The van der Waals surface area contributed by atoms with Gasteiger partial charge in [-0.2, -0.15) is 0 Å². The first-order chi connectivity index (χ1) is 21.4. The number of hydrogen-bond acceptors (Lipinski definition) is 5. The molecule has 1 fully saturated rings. The van der Waals surface area contributed by atoms with Crippen molar-refractivity contribution in [2.24, 2.45) is 5.92 Å². The van der Waals surface area contributed by atoms with E-state index in [0.29, 0.717) is 43.4 Å². The minimum atomic E-state index is -0.890. The Morgan fingerprint density at radius 2 is 1.70 bits per heavy atom. The number of carboxylic acid groups (broad SMARTS) is 2. The van der Waals surface area contributed by atoms with E-state index >= 15 is 0 Å². The molecule has 1 aromatic rings. The Labute approximate surface area is 261 Å². The van der Waals surface area contributed by atoms with Crippen LogP contribution in [0.5, 0.6) is 0 Å². The van der Waals surface area contributed by atoms with E-state index in [1.54, 1.807) is 24.1 Å². The Morgan fingerprint density at radius 3 is 2.39 bits per heavy atom. The molecule has 1 amide bonds. The van der Waals surface area contributed by atoms with Gasteiger partial charge in [-0.1, -0.05) is 74.9 Å². The number of carbonyl (C=O) groups is 3. The maximum Gasteiger partial charge on any atom is 0.337 e. The molecule has 4 aliphatic rings. The number of rotatable bonds is 7. The highest BCUT2D eigenvalue weighted by atomic mass is 16.5. The van der Waals surface area contributed by atoms with Crippen LogP contribution in [0.4, 0.5) is 0 Å². The van der Waals surface area contributed by atoms with Crippen molar-refractivity contribution in [3.63, 3.8) is 0 Å². The van der Waals surface area contributed by atoms with Gasteiger partial charge < -0.3 is 25.2 Å². The van der Waals surface area contributed by atoms with Crippen molar-refractivity contribution < 1.29 is 29.3 Å². The standard InChI is InChI=1S/C25H29NO4.C9H11NO2.C2H6/c27-17-26-14-15-30-24-13-11-22(10-12-23(24)26)21-8-6-20(7-9-21)19-3-1-2-18(4-5-19)16-25(28)29;1-10-8-6-4-2-3-5-7(8)9(11)12;1-2/h6-13,17-19,22H,1-5,14-16H2,(H,28,29);2-5,10H,6H2,1H3,(H,11,12);1-2H3/t18-,19-,22?;;/m1../s1. The molecule has 0 aromatic heterocycles. The third-order valence-corrected chi connectivity index (χ3v) is 8.23. The summed E-state index contributed by atoms with van der Waals surface area (Å²) in [6, 6.07) is 8.84. The van der Waals surface area contributed by atoms with Gasteiger partial charge in [0.25, 0.3) is 0 Å². The number of aliphatic carboxylic acids is 2. The van der Waals surface area contributed by atoms with Gasteiger partial charge >= 0.3 is 11.9 Å². The molecule has 3 atom stereocenters. The molecule has 236 valence electrons. The van der Waals surface area contributed by atoms with Gasteiger partial charge in [-0.05, 0) is 66.9 Å². The Bertz CT molecular complexity index is 1320. The van der Waals surface area contributed by atoms with Crippen LogP contribution in [0.25, 0.3) is 0 Å². The zero-order valence-electron chi connectivity index (χ0n) is 26.1. The summed E-state index contributed by atoms with van der Waals surface area (Å²) < 4.78 is 5.73. The lowest BCUT2D eigenvalue weighted by Gasteiger charge is -2.25. The average Bonchev–Trinajstić information content (AvgIpc) is 3.52. The minimum absolute atomic E-state index is 0.135. The summed E-state index contributed by atoms with van der Waals surface area (Å²) in [5.74, 6) is 0.152. The topological polar surface area (TPSA) is 116 Å². The van der Waals surface area contributed by atoms with E-state index in [-0.39, 0.29) is 5.92 Å². The van der Waals surface area contributed by atoms with Crippen molar-refractivity contribution in [2.45, 2.75) is 70.6 Å². The number of ether oxygens (including phenoxy) is 1. The lowest BCUT2D eigenvalue weighted by Crippen LogP contribution is -2.30. The molecule has 1 heterocycles. The molecule has 0 bridgehead atoms. The highest BCUT2D eigenvalue weighted by Gasteiger charge is 2.23. The second-order valence-corrected chi connectivity index (χ2v) is 10.9. The quantitative estimate of drug-likeness (QED) is 0.232. The second kappa shape index (κ2) is 17.7. The molecule has 5 rings (SSSR count). The number of hydrogen-bond donors (Lipinski definition) is 3. The van der Waals surface area contributed by atoms with Crippen LogP contribution >= 0.6 is 0 Å². The highest BCUT2D eigenvalue weighted by Crippen LogP contribution is 2.36. The predicted molar refractivity (Wildman–Crippen MR) is 173 cm³/mol. The minimum Gasteiger partial charge on any atom is -0.490 e. The predicted octanol–water partition coefficient (Wildman–Crippen LogP) is 6.82. The second-order valence-electron chi connectivity index (χ2n) is 10.9. The molecule has 0 saturated heterocycles. The maximum absolute atomic E-state index is 11.3. The van der Waals surface area contributed by atoms with Gasteiger partial charge in [-0.15, -0.1) is 0 Å². The number of benzene rings is 1. The van der Waals surface area contributed by atoms with Crippen LogP contribution in [0.15, 0.2) is 95.6 Å². The molecule has 0 spiro atoms. The van der Waals surface area contributed by atoms with Crippen LogP contribution in [0.1, 0.15) is 81.8 Å². The van der Waals surface area contributed by atoms with Gasteiger partial charge in [0.2, 0.25) is 6.41 Å². The summed E-state index contributed by atoms with van der Waals surface area (Å²) in [7, 11) is 1.73. The molecule has 8 heteroatoms. The summed E-state index contributed by atoms with van der Waals surface area (Å²) in [5.41, 5.74) is 4.46. The van der Waals surface area contributed by atoms with Crippen LogP contribution in [0.3, 0.4) is 0 Å². The van der Waals surface area contributed by atoms with E-state index in [1.165, 1.54) is 11.1 Å². The van der Waals surface area contributed by atoms with Crippen molar-refractivity contribution in [3.05, 3.63) is 107 Å². The van der Waals surface area contributed by atoms with Crippen molar-refractivity contribution in [3.8, 4) is 0 Å². The van der Waals surface area contributed by atoms with Gasteiger partial charge in [0, 0.05) is 31.5 Å². The molecule has 8 nitrogen and oxygen atoms in total. The zero-order chi connectivity index (χ0) is 31.9. The van der Waals surface area contributed by atoms with E-state index in [1.807, 2.05) is 38.2 Å². The van der Waals surface area contributed by atoms with Gasteiger partial charge in [-0.25, -0.2) is 4.79 Å². The highest BCUT2D eigenvalue weighted by molar-refractivity contribution is 5.91. The number of amides is 1. The van der Waals surface area contributed by atoms with Crippen LogP contribution in [0.2, 0.25) is 0 Å². The fraction of sp³-hybridized carbons (Fsp3) is 0.417. The Morgan fingerprint density at radius 1 is 0.977 bits per heavy atom. The summed E-state index contributed by atoms with van der Waals surface area (Å²) in [5, 5.41) is 20.7. The number of nitrogens with one attached hydrogen (secondary N) is 1. The Hall–Kier alpha value is -4.33. The van der Waals surface area contributed by atoms with Gasteiger partial charge in [0.05, 0.1) is 17.8 Å². The lowest BCUT2D eigenvalue weighted by atomic mass is 9.88. The Kier molecular flexibility index (Phi) is 13.7. The average molecular weight is 603 g/mol. The van der Waals surface area contributed by atoms with E-state index in [0.717, 1.165) is 55.7 Å². The summed E-state index contributed by atoms with van der Waals surface area (Å²) in [6.45, 7) is 5.10. The van der Waals surface area contributed by atoms with Crippen LogP contribution in [-0.2, 0) is 19.1 Å². The number of allylic oxidation sites excluding steroid dienone is 7. The molecule has 1 aliphatic heterocycles. The molecule has 1 aromatic carbocycles. The monoisotopic (exact) mass is 602 g/mol. The third kappa shape index (κ3) is 9.59. The van der Waals surface area contributed by atoms with Gasteiger partial charge in [0.1, 0.15) is 12.4 Å². The van der Waals surface area contributed by atoms with Crippen molar-refractivity contribution in [1.29, 1.82) is 0 Å². The van der Waals surface area contributed by atoms with Gasteiger partial charge in [0.15, 0.2) is 0 Å². The fourth-order valence-corrected chi connectivity index (χ4v) is 5.90. The zero-order valence-corrected chi connectivity index (χ0v) is 26.1. The van der Waals surface area contributed by atoms with E-state index in [2.05, 4.69) is 41.7 Å². The number of nitrogens with zero attached hydrogens (tertiary/aromatic N) is 1. The molecular weight excluding hydrogens is 556 g/mol. The molecule has 3 aliphatic carbocycles. The SMILES string of the molecule is CC.CNC1=C(C(=O)O)C=CC=CC1.O=CN1CCOC2=C1C=CC(c1ccc([C@@H]3CCC[C@@H](CC(=O)O)CC3)cc1)C=C2. The molecule has 0 radical (unpaired) electrons. The Balaban J connectivity index is 0.000000317. The molecule has 3 N–H and O–H groups in total. The van der Waals surface area contributed by atoms with E-state index in [9.17, 15) is 14.4 Å². The van der Waals surface area contributed by atoms with E-state index < -0.39 is 11.9 Å². The summed E-state index contributed by atoms with van der Waals surface area (Å²) in [4.78, 5) is 34.7. The van der Waals surface area contributed by atoms with Crippen molar-refractivity contribution >= 4 is 18.3 Å². The number of carbonyl (C=O) groups excluding carboxylic acids is 1. The van der Waals surface area contributed by atoms with Crippen LogP contribution in [0, 0.1) is 5.92 Å². The maximum atomic E-state index is 11.3. The van der Waals surface area contributed by atoms with Gasteiger partial charge in [-0.3, -0.25) is 9.59 Å². The molecular formula is C36H46N2O6. The molecule has 1 unspecified atom stereocenters. The van der Waals surface area contributed by atoms with E-state index in [4.69, 9.17) is 14.9 Å². The van der Waals surface area contributed by atoms with Crippen LogP contribution < -0.4 is 5.32 Å². The summed E-state index contributed by atoms with van der Waals surface area (Å²) in [6.07, 6.45) is 22.4. The molecule has 1 saturated carbocycles. The van der Waals surface area contributed by atoms with Crippen molar-refractivity contribution in [2.75, 3.05) is 20.2 Å².